The zero-order valence-corrected chi connectivity index (χ0v) is 22.2. The van der Waals surface area contributed by atoms with Gasteiger partial charge in [-0.1, -0.05) is 0 Å². The highest BCUT2D eigenvalue weighted by Crippen LogP contribution is 2.34. The molecule has 0 spiro atoms. The van der Waals surface area contributed by atoms with E-state index in [0.717, 1.165) is 19.2 Å². The number of piperazine rings is 2. The predicted octanol–water partition coefficient (Wildman–Crippen LogP) is 2.46. The number of pyridine rings is 1. The van der Waals surface area contributed by atoms with E-state index in [1.165, 1.54) is 12.1 Å². The molecule has 2 unspecified atom stereocenters. The predicted molar refractivity (Wildman–Crippen MR) is 138 cm³/mol. The van der Waals surface area contributed by atoms with Crippen LogP contribution in [-0.2, 0) is 11.0 Å². The average molecular weight is 553 g/mol. The Morgan fingerprint density at radius 2 is 1.77 bits per heavy atom. The Hall–Kier alpha value is -3.45. The van der Waals surface area contributed by atoms with Gasteiger partial charge in [-0.2, -0.15) is 13.2 Å². The third-order valence-corrected chi connectivity index (χ3v) is 7.69. The van der Waals surface area contributed by atoms with Crippen molar-refractivity contribution in [1.82, 2.24) is 19.7 Å². The van der Waals surface area contributed by atoms with Gasteiger partial charge in [-0.15, -0.1) is 0 Å². The number of nitrogens with one attached hydrogen (secondary N) is 2. The summed E-state index contributed by atoms with van der Waals surface area (Å²) in [6, 6.07) is 3.88. The molecule has 0 bridgehead atoms. The number of amides is 2. The summed E-state index contributed by atoms with van der Waals surface area (Å²) in [6.45, 7) is 7.01. The number of carbonyl (C=O) groups is 2. The van der Waals surface area contributed by atoms with Gasteiger partial charge in [0.05, 0.1) is 16.8 Å². The van der Waals surface area contributed by atoms with Gasteiger partial charge in [-0.05, 0) is 46.1 Å². The second kappa shape index (κ2) is 10.6. The molecule has 4 rings (SSSR count). The minimum Gasteiger partial charge on any atom is -0.365 e. The van der Waals surface area contributed by atoms with Crippen molar-refractivity contribution in [2.24, 2.45) is 0 Å². The van der Waals surface area contributed by atoms with Crippen LogP contribution < -0.4 is 15.8 Å². The maximum Gasteiger partial charge on any atom is 0.417 e. The van der Waals surface area contributed by atoms with Crippen molar-refractivity contribution in [3.05, 3.63) is 57.8 Å². The van der Waals surface area contributed by atoms with Crippen molar-refractivity contribution in [3.63, 3.8) is 0 Å². The van der Waals surface area contributed by atoms with E-state index in [0.29, 0.717) is 31.9 Å². The first-order valence-electron chi connectivity index (χ1n) is 12.6. The van der Waals surface area contributed by atoms with Crippen LogP contribution in [-0.4, -0.2) is 96.4 Å². The van der Waals surface area contributed by atoms with Crippen LogP contribution in [0, 0.1) is 5.82 Å². The van der Waals surface area contributed by atoms with Gasteiger partial charge in [0.25, 0.3) is 5.91 Å². The van der Waals surface area contributed by atoms with Crippen LogP contribution in [0.1, 0.15) is 29.8 Å². The highest BCUT2D eigenvalue weighted by molar-refractivity contribution is 6.05. The molecule has 2 aliphatic heterocycles. The normalized spacial score (nSPS) is 23.1. The van der Waals surface area contributed by atoms with Gasteiger partial charge in [0, 0.05) is 63.3 Å². The summed E-state index contributed by atoms with van der Waals surface area (Å²) < 4.78 is 55.4. The number of aromatic nitrogens is 1. The van der Waals surface area contributed by atoms with Crippen molar-refractivity contribution in [3.8, 4) is 0 Å². The number of hydrogen-bond acceptors (Lipinski definition) is 6. The largest absolute Gasteiger partial charge is 0.417 e. The number of halogens is 4. The average Bonchev–Trinajstić information content (AvgIpc) is 2.87. The lowest BCUT2D eigenvalue weighted by Gasteiger charge is -2.52. The fraction of sp³-hybridized carbons (Fsp3) is 0.500. The molecule has 2 N–H and O–H groups in total. The van der Waals surface area contributed by atoms with Gasteiger partial charge in [-0.3, -0.25) is 19.3 Å². The maximum absolute atomic E-state index is 15.1. The number of aromatic amines is 1. The third-order valence-electron chi connectivity index (χ3n) is 7.69. The fourth-order valence-electron chi connectivity index (χ4n) is 5.15. The number of hydrogen-bond donors (Lipinski definition) is 2. The van der Waals surface area contributed by atoms with E-state index in [1.807, 2.05) is 37.7 Å². The Morgan fingerprint density at radius 3 is 2.41 bits per heavy atom. The first-order chi connectivity index (χ1) is 18.2. The monoisotopic (exact) mass is 552 g/mol. The van der Waals surface area contributed by atoms with E-state index in [1.54, 1.807) is 4.90 Å². The molecule has 3 heterocycles. The molecule has 2 saturated heterocycles. The van der Waals surface area contributed by atoms with Gasteiger partial charge in [0.15, 0.2) is 0 Å². The Bertz CT molecular complexity index is 1310. The summed E-state index contributed by atoms with van der Waals surface area (Å²) in [6.07, 6.45) is -4.23. The smallest absolute Gasteiger partial charge is 0.365 e. The molecule has 0 saturated carbocycles. The summed E-state index contributed by atoms with van der Waals surface area (Å²) in [5.74, 6) is -1.77. The standard InChI is InChI=1S/C26H32F4N6O3/c1-16-14-36(15-25(2,34(16)4)24(39)35-9-7-33(3)8-10-35)21-11-17(5-6-20(21)27)32-23(38)18-13-31-22(37)12-19(18)26(28,29)30/h5-6,11-13,16H,7-10,14-15H2,1-4H3,(H,31,37)(H,32,38). The van der Waals surface area contributed by atoms with Crippen LogP contribution in [0.5, 0.6) is 0 Å². The molecule has 1 aromatic heterocycles. The maximum atomic E-state index is 15.1. The second-order valence-corrected chi connectivity index (χ2v) is 10.5. The van der Waals surface area contributed by atoms with Crippen LogP contribution in [0.25, 0.3) is 0 Å². The Labute approximate surface area is 223 Å². The van der Waals surface area contributed by atoms with Crippen LogP contribution >= 0.6 is 0 Å². The third kappa shape index (κ3) is 5.78. The van der Waals surface area contributed by atoms with Gasteiger partial charge >= 0.3 is 6.18 Å². The van der Waals surface area contributed by atoms with Crippen molar-refractivity contribution < 1.29 is 27.2 Å². The summed E-state index contributed by atoms with van der Waals surface area (Å²) in [5.41, 5.74) is -3.93. The number of anilines is 2. The Morgan fingerprint density at radius 1 is 1.10 bits per heavy atom. The van der Waals surface area contributed by atoms with Gasteiger partial charge in [0.2, 0.25) is 11.5 Å². The molecule has 39 heavy (non-hydrogen) atoms. The zero-order valence-electron chi connectivity index (χ0n) is 22.2. The van der Waals surface area contributed by atoms with E-state index in [2.05, 4.69) is 15.2 Å². The molecule has 0 radical (unpaired) electrons. The van der Waals surface area contributed by atoms with E-state index in [-0.39, 0.29) is 29.9 Å². The summed E-state index contributed by atoms with van der Waals surface area (Å²) in [4.78, 5) is 47.6. The SMILES string of the molecule is CC1CN(c2cc(NC(=O)c3c[nH]c(=O)cc3C(F)(F)F)ccc2F)CC(C)(C(=O)N2CCN(C)CC2)N1C. The molecule has 9 nitrogen and oxygen atoms in total. The topological polar surface area (TPSA) is 92.0 Å². The van der Waals surface area contributed by atoms with Gasteiger partial charge in [0.1, 0.15) is 11.4 Å². The van der Waals surface area contributed by atoms with Crippen LogP contribution in [0.15, 0.2) is 35.3 Å². The number of rotatable bonds is 4. The van der Waals surface area contributed by atoms with Gasteiger partial charge < -0.3 is 25.0 Å². The molecule has 212 valence electrons. The minimum absolute atomic E-state index is 0.0581. The molecular weight excluding hydrogens is 520 g/mol. The van der Waals surface area contributed by atoms with Gasteiger partial charge in [-0.25, -0.2) is 4.39 Å². The first kappa shape index (κ1) is 28.6. The van der Waals surface area contributed by atoms with Crippen LogP contribution in [0.2, 0.25) is 0 Å². The number of H-pyrrole nitrogens is 1. The van der Waals surface area contributed by atoms with Crippen LogP contribution in [0.4, 0.5) is 28.9 Å². The van der Waals surface area contributed by atoms with E-state index in [9.17, 15) is 27.6 Å². The van der Waals surface area contributed by atoms with Crippen molar-refractivity contribution in [2.45, 2.75) is 31.6 Å². The second-order valence-electron chi connectivity index (χ2n) is 10.5. The van der Waals surface area contributed by atoms with E-state index < -0.39 is 40.1 Å². The fourth-order valence-corrected chi connectivity index (χ4v) is 5.15. The number of nitrogens with zero attached hydrogens (tertiary/aromatic N) is 4. The number of likely N-dealkylation sites (N-methyl/N-ethyl adjacent to an activating group) is 2. The number of benzene rings is 1. The summed E-state index contributed by atoms with van der Waals surface area (Å²) >= 11 is 0. The molecular formula is C26H32F4N6O3. The molecule has 0 aliphatic carbocycles. The van der Waals surface area contributed by atoms with Crippen molar-refractivity contribution >= 4 is 23.2 Å². The van der Waals surface area contributed by atoms with Crippen molar-refractivity contribution in [2.75, 3.05) is 63.6 Å². The Balaban J connectivity index is 1.60. The van der Waals surface area contributed by atoms with Crippen LogP contribution in [0.3, 0.4) is 0 Å². The molecule has 2 atom stereocenters. The Kier molecular flexibility index (Phi) is 7.77. The summed E-state index contributed by atoms with van der Waals surface area (Å²) in [5, 5.41) is 2.37. The zero-order chi connectivity index (χ0) is 28.7. The van der Waals surface area contributed by atoms with E-state index in [4.69, 9.17) is 0 Å². The molecule has 2 aliphatic rings. The minimum atomic E-state index is -4.92. The molecule has 13 heteroatoms. The number of carbonyl (C=O) groups excluding carboxylic acids is 2. The molecule has 2 amide bonds. The van der Waals surface area contributed by atoms with E-state index >= 15 is 4.39 Å². The number of alkyl halides is 3. The molecule has 2 aromatic rings. The first-order valence-corrected chi connectivity index (χ1v) is 12.6. The molecule has 1 aromatic carbocycles. The lowest BCUT2D eigenvalue weighted by Crippen LogP contribution is -2.70. The molecule has 2 fully saturated rings. The summed E-state index contributed by atoms with van der Waals surface area (Å²) in [7, 11) is 3.86. The highest BCUT2D eigenvalue weighted by Gasteiger charge is 2.47. The highest BCUT2D eigenvalue weighted by atomic mass is 19.4. The van der Waals surface area contributed by atoms with Crippen molar-refractivity contribution in [1.29, 1.82) is 0 Å². The quantitative estimate of drug-likeness (QED) is 0.567. The lowest BCUT2D eigenvalue weighted by molar-refractivity contribution is -0.146. The lowest BCUT2D eigenvalue weighted by atomic mass is 9.91.